The zero-order valence-electron chi connectivity index (χ0n) is 17.5. The number of amides is 2. The van der Waals surface area contributed by atoms with E-state index in [0.29, 0.717) is 16.3 Å². The molecule has 170 valence electrons. The van der Waals surface area contributed by atoms with Gasteiger partial charge in [0.05, 0.1) is 4.92 Å². The number of nitriles is 1. The van der Waals surface area contributed by atoms with E-state index in [9.17, 15) is 25.0 Å². The number of non-ortho nitro benzene ring substituents is 1. The summed E-state index contributed by atoms with van der Waals surface area (Å²) in [6, 6.07) is 20.5. The molecular formula is C24H17ClN4O5. The Morgan fingerprint density at radius 3 is 2.47 bits per heavy atom. The molecule has 0 atom stereocenters. The number of nitro benzene ring substituents is 1. The number of hydrogen-bond donors (Lipinski definition) is 2. The molecule has 0 saturated heterocycles. The Morgan fingerprint density at radius 2 is 1.76 bits per heavy atom. The van der Waals surface area contributed by atoms with Gasteiger partial charge in [-0.15, -0.1) is 0 Å². The van der Waals surface area contributed by atoms with E-state index < -0.39 is 16.7 Å². The van der Waals surface area contributed by atoms with Crippen molar-refractivity contribution in [3.8, 4) is 11.8 Å². The van der Waals surface area contributed by atoms with Crippen molar-refractivity contribution in [2.45, 2.75) is 0 Å². The van der Waals surface area contributed by atoms with Crippen LogP contribution in [0, 0.1) is 21.4 Å². The SMILES string of the molecule is N#C/C(=C\c1cc(Cl)ccc1OCC(=O)Nc1ccccc1)C(=O)Nc1cccc([N+](=O)[O-])c1. The lowest BCUT2D eigenvalue weighted by molar-refractivity contribution is -0.384. The standard InChI is InChI=1S/C24H17ClN4O5/c25-18-9-10-22(34-15-23(30)27-19-5-2-1-3-6-19)16(12-18)11-17(14-26)24(31)28-20-7-4-8-21(13-20)29(32)33/h1-13H,15H2,(H,27,30)(H,28,31)/b17-11+. The van der Waals surface area contributed by atoms with Gasteiger partial charge in [-0.25, -0.2) is 0 Å². The van der Waals surface area contributed by atoms with Gasteiger partial charge in [-0.3, -0.25) is 19.7 Å². The quantitative estimate of drug-likeness (QED) is 0.207. The molecule has 2 amide bonds. The number of nitro groups is 1. The molecule has 0 heterocycles. The molecular weight excluding hydrogens is 460 g/mol. The highest BCUT2D eigenvalue weighted by molar-refractivity contribution is 6.30. The number of anilines is 2. The van der Waals surface area contributed by atoms with Crippen molar-refractivity contribution in [3.63, 3.8) is 0 Å². The lowest BCUT2D eigenvalue weighted by atomic mass is 10.1. The number of carbonyl (C=O) groups is 2. The Labute approximate surface area is 199 Å². The highest BCUT2D eigenvalue weighted by Gasteiger charge is 2.14. The van der Waals surface area contributed by atoms with E-state index in [1.165, 1.54) is 42.5 Å². The predicted molar refractivity (Wildman–Crippen MR) is 127 cm³/mol. The highest BCUT2D eigenvalue weighted by atomic mass is 35.5. The summed E-state index contributed by atoms with van der Waals surface area (Å²) >= 11 is 6.06. The molecule has 9 nitrogen and oxygen atoms in total. The van der Waals surface area contributed by atoms with Gasteiger partial charge in [0.2, 0.25) is 0 Å². The third-order valence-corrected chi connectivity index (χ3v) is 4.60. The molecule has 0 bridgehead atoms. The minimum atomic E-state index is -0.782. The largest absolute Gasteiger partial charge is 0.483 e. The summed E-state index contributed by atoms with van der Waals surface area (Å²) < 4.78 is 5.58. The third-order valence-electron chi connectivity index (χ3n) is 4.37. The van der Waals surface area contributed by atoms with Crippen molar-refractivity contribution < 1.29 is 19.2 Å². The Hall–Kier alpha value is -4.68. The second kappa shape index (κ2) is 11.3. The molecule has 3 aromatic carbocycles. The third kappa shape index (κ3) is 6.66. The fourth-order valence-corrected chi connectivity index (χ4v) is 3.01. The van der Waals surface area contributed by atoms with Gasteiger partial charge in [0.1, 0.15) is 17.4 Å². The van der Waals surface area contributed by atoms with Crippen molar-refractivity contribution in [2.75, 3.05) is 17.2 Å². The zero-order chi connectivity index (χ0) is 24.5. The molecule has 0 saturated carbocycles. The van der Waals surface area contributed by atoms with Crippen LogP contribution < -0.4 is 15.4 Å². The Balaban J connectivity index is 1.76. The van der Waals surface area contributed by atoms with Crippen LogP contribution in [0.15, 0.2) is 78.4 Å². The van der Waals surface area contributed by atoms with Crippen LogP contribution in [0.25, 0.3) is 6.08 Å². The average Bonchev–Trinajstić information content (AvgIpc) is 2.82. The van der Waals surface area contributed by atoms with Crippen LogP contribution in [0.2, 0.25) is 5.02 Å². The van der Waals surface area contributed by atoms with Crippen LogP contribution in [0.4, 0.5) is 17.1 Å². The van der Waals surface area contributed by atoms with E-state index in [2.05, 4.69) is 10.6 Å². The Kier molecular flexibility index (Phi) is 7.94. The number of rotatable bonds is 8. The van der Waals surface area contributed by atoms with E-state index >= 15 is 0 Å². The van der Waals surface area contributed by atoms with Gasteiger partial charge >= 0.3 is 0 Å². The van der Waals surface area contributed by atoms with Gasteiger partial charge in [0.25, 0.3) is 17.5 Å². The monoisotopic (exact) mass is 476 g/mol. The number of para-hydroxylation sites is 1. The maximum absolute atomic E-state index is 12.6. The molecule has 2 N–H and O–H groups in total. The number of nitrogens with one attached hydrogen (secondary N) is 2. The summed E-state index contributed by atoms with van der Waals surface area (Å²) in [5, 5.41) is 25.9. The second-order valence-corrected chi connectivity index (χ2v) is 7.25. The Bertz CT molecular complexity index is 1300. The molecule has 0 spiro atoms. The van der Waals surface area contributed by atoms with Crippen molar-refractivity contribution in [1.82, 2.24) is 0 Å². The molecule has 0 fully saturated rings. The van der Waals surface area contributed by atoms with Crippen molar-refractivity contribution in [2.24, 2.45) is 0 Å². The second-order valence-electron chi connectivity index (χ2n) is 6.82. The maximum atomic E-state index is 12.6. The van der Waals surface area contributed by atoms with Crippen molar-refractivity contribution in [1.29, 1.82) is 5.26 Å². The minimum Gasteiger partial charge on any atom is -0.483 e. The van der Waals surface area contributed by atoms with E-state index in [1.54, 1.807) is 36.4 Å². The number of carbonyl (C=O) groups excluding carboxylic acids is 2. The smallest absolute Gasteiger partial charge is 0.271 e. The van der Waals surface area contributed by atoms with Crippen LogP contribution >= 0.6 is 11.6 Å². The van der Waals surface area contributed by atoms with E-state index in [0.717, 1.165) is 0 Å². The molecule has 0 unspecified atom stereocenters. The first kappa shape index (κ1) is 24.0. The summed E-state index contributed by atoms with van der Waals surface area (Å²) in [6.07, 6.45) is 1.25. The molecule has 0 aromatic heterocycles. The van der Waals surface area contributed by atoms with Crippen LogP contribution in [-0.4, -0.2) is 23.3 Å². The molecule has 3 aromatic rings. The summed E-state index contributed by atoms with van der Waals surface area (Å²) in [6.45, 7) is -0.320. The van der Waals surface area contributed by atoms with Crippen LogP contribution in [0.3, 0.4) is 0 Å². The lowest BCUT2D eigenvalue weighted by Gasteiger charge is -2.11. The molecule has 3 rings (SSSR count). The van der Waals surface area contributed by atoms with Crippen LogP contribution in [-0.2, 0) is 9.59 Å². The maximum Gasteiger partial charge on any atom is 0.271 e. The normalized spacial score (nSPS) is 10.6. The summed E-state index contributed by atoms with van der Waals surface area (Å²) in [4.78, 5) is 35.1. The number of benzene rings is 3. The van der Waals surface area contributed by atoms with E-state index in [-0.39, 0.29) is 29.3 Å². The van der Waals surface area contributed by atoms with Gasteiger partial charge in [0.15, 0.2) is 6.61 Å². The summed E-state index contributed by atoms with van der Waals surface area (Å²) in [5.41, 5.74) is 0.551. The zero-order valence-corrected chi connectivity index (χ0v) is 18.3. The Morgan fingerprint density at radius 1 is 1.03 bits per heavy atom. The van der Waals surface area contributed by atoms with E-state index in [1.807, 2.05) is 6.07 Å². The molecule has 34 heavy (non-hydrogen) atoms. The molecule has 0 aliphatic carbocycles. The average molecular weight is 477 g/mol. The van der Waals surface area contributed by atoms with Crippen molar-refractivity contribution >= 4 is 46.6 Å². The van der Waals surface area contributed by atoms with Crippen LogP contribution in [0.1, 0.15) is 5.56 Å². The highest BCUT2D eigenvalue weighted by Crippen LogP contribution is 2.26. The van der Waals surface area contributed by atoms with Gasteiger partial charge < -0.3 is 15.4 Å². The van der Waals surface area contributed by atoms with E-state index in [4.69, 9.17) is 16.3 Å². The molecule has 0 radical (unpaired) electrons. The fraction of sp³-hybridized carbons (Fsp3) is 0.0417. The number of nitrogens with zero attached hydrogens (tertiary/aromatic N) is 2. The number of halogens is 1. The molecule has 0 aliphatic heterocycles. The molecule has 10 heteroatoms. The van der Waals surface area contributed by atoms with Crippen molar-refractivity contribution in [3.05, 3.63) is 99.1 Å². The number of ether oxygens (including phenoxy) is 1. The first-order valence-electron chi connectivity index (χ1n) is 9.80. The van der Waals surface area contributed by atoms with Gasteiger partial charge in [-0.1, -0.05) is 35.9 Å². The summed E-state index contributed by atoms with van der Waals surface area (Å²) in [5.74, 6) is -0.959. The minimum absolute atomic E-state index is 0.153. The predicted octanol–water partition coefficient (Wildman–Crippen LogP) is 4.81. The number of hydrogen-bond acceptors (Lipinski definition) is 6. The first-order chi connectivity index (χ1) is 16.4. The fourth-order valence-electron chi connectivity index (χ4n) is 2.83. The van der Waals surface area contributed by atoms with Crippen LogP contribution in [0.5, 0.6) is 5.75 Å². The van der Waals surface area contributed by atoms with Gasteiger partial charge in [0, 0.05) is 34.1 Å². The van der Waals surface area contributed by atoms with Gasteiger partial charge in [-0.05, 0) is 42.5 Å². The summed E-state index contributed by atoms with van der Waals surface area (Å²) in [7, 11) is 0. The first-order valence-corrected chi connectivity index (χ1v) is 10.2. The lowest BCUT2D eigenvalue weighted by Crippen LogP contribution is -2.20. The topological polar surface area (TPSA) is 134 Å². The van der Waals surface area contributed by atoms with Gasteiger partial charge in [-0.2, -0.15) is 5.26 Å². The molecule has 0 aliphatic rings.